The number of methoxy groups -OCH3 is 1. The summed E-state index contributed by atoms with van der Waals surface area (Å²) in [7, 11) is 1.72. The van der Waals surface area contributed by atoms with Crippen molar-refractivity contribution in [1.82, 2.24) is 9.88 Å². The molecule has 2 aromatic carbocycles. The number of hydrogen-bond donors (Lipinski definition) is 1. The number of aryl methyl sites for hydroxylation is 2. The van der Waals surface area contributed by atoms with Gasteiger partial charge in [-0.2, -0.15) is 0 Å². The summed E-state index contributed by atoms with van der Waals surface area (Å²) in [5, 5.41) is 3.40. The molecule has 0 aliphatic heterocycles. The van der Waals surface area contributed by atoms with Gasteiger partial charge in [0.25, 0.3) is 5.56 Å². The largest absolute Gasteiger partial charge is 0.385 e. The van der Waals surface area contributed by atoms with E-state index in [1.165, 1.54) is 23.3 Å². The quantitative estimate of drug-likeness (QED) is 0.464. The minimum atomic E-state index is -0.260. The Labute approximate surface area is 183 Å². The highest BCUT2D eigenvalue weighted by Gasteiger charge is 2.00. The van der Waals surface area contributed by atoms with Gasteiger partial charge in [0.05, 0.1) is 0 Å². The lowest BCUT2D eigenvalue weighted by Crippen LogP contribution is -2.19. The molecule has 0 saturated carbocycles. The molecule has 3 aromatic rings. The lowest BCUT2D eigenvalue weighted by molar-refractivity contribution is 0.194. The smallest absolute Gasteiger partial charge is 0.251 e. The van der Waals surface area contributed by atoms with Crippen LogP contribution >= 0.6 is 0 Å². The summed E-state index contributed by atoms with van der Waals surface area (Å²) in [6.45, 7) is 3.19. The molecule has 0 radical (unpaired) electrons. The molecular weight excluding hydrogens is 391 g/mol. The molecule has 162 valence electrons. The maximum Gasteiger partial charge on any atom is 0.251 e. The number of nitrogens with zero attached hydrogens (tertiary/aromatic N) is 1. The second kappa shape index (κ2) is 12.0. The lowest BCUT2D eigenvalue weighted by atomic mass is 10.1. The van der Waals surface area contributed by atoms with Gasteiger partial charge >= 0.3 is 0 Å². The van der Waals surface area contributed by atoms with Gasteiger partial charge in [-0.1, -0.05) is 48.6 Å². The van der Waals surface area contributed by atoms with Crippen LogP contribution in [-0.4, -0.2) is 24.8 Å². The maximum atomic E-state index is 13.0. The molecule has 0 saturated heterocycles. The molecule has 5 heteroatoms. The van der Waals surface area contributed by atoms with Crippen LogP contribution in [0.3, 0.4) is 0 Å². The molecule has 0 spiro atoms. The summed E-state index contributed by atoms with van der Waals surface area (Å²) in [5.41, 5.74) is 4.14. The van der Waals surface area contributed by atoms with Gasteiger partial charge < -0.3 is 14.6 Å². The van der Waals surface area contributed by atoms with Crippen molar-refractivity contribution in [2.24, 2.45) is 0 Å². The van der Waals surface area contributed by atoms with Crippen molar-refractivity contribution >= 4 is 12.2 Å². The topological polar surface area (TPSA) is 43.3 Å². The molecule has 0 aliphatic rings. The third-order valence-electron chi connectivity index (χ3n) is 5.05. The van der Waals surface area contributed by atoms with Crippen LogP contribution in [0.25, 0.3) is 12.2 Å². The average Bonchev–Trinajstić information content (AvgIpc) is 2.79. The summed E-state index contributed by atoms with van der Waals surface area (Å²) >= 11 is 0. The molecule has 0 aliphatic carbocycles. The second-order valence-electron chi connectivity index (χ2n) is 7.47. The summed E-state index contributed by atoms with van der Waals surface area (Å²) in [6.07, 6.45) is 7.36. The molecule has 0 atom stereocenters. The molecule has 4 nitrogen and oxygen atoms in total. The van der Waals surface area contributed by atoms with Crippen LogP contribution in [0, 0.1) is 5.82 Å². The van der Waals surface area contributed by atoms with Crippen molar-refractivity contribution in [1.29, 1.82) is 0 Å². The number of nitrogens with one attached hydrogen (secondary N) is 1. The number of hydrogen-bond acceptors (Lipinski definition) is 3. The van der Waals surface area contributed by atoms with E-state index in [1.807, 2.05) is 24.4 Å². The third kappa shape index (κ3) is 7.63. The molecule has 1 N–H and O–H groups in total. The molecule has 31 heavy (non-hydrogen) atoms. The van der Waals surface area contributed by atoms with E-state index in [4.69, 9.17) is 4.74 Å². The number of halogens is 1. The van der Waals surface area contributed by atoms with Gasteiger partial charge in [0.15, 0.2) is 0 Å². The highest BCUT2D eigenvalue weighted by Crippen LogP contribution is 2.09. The van der Waals surface area contributed by atoms with Gasteiger partial charge in [-0.15, -0.1) is 0 Å². The predicted octanol–water partition coefficient (Wildman–Crippen LogP) is 4.53. The summed E-state index contributed by atoms with van der Waals surface area (Å²) in [6, 6.07) is 18.3. The van der Waals surface area contributed by atoms with Crippen molar-refractivity contribution in [2.45, 2.75) is 25.9 Å². The van der Waals surface area contributed by atoms with Crippen molar-refractivity contribution in [2.75, 3.05) is 20.3 Å². The van der Waals surface area contributed by atoms with Crippen LogP contribution < -0.4 is 10.9 Å². The van der Waals surface area contributed by atoms with E-state index >= 15 is 0 Å². The Morgan fingerprint density at radius 2 is 1.68 bits per heavy atom. The Morgan fingerprint density at radius 1 is 0.968 bits per heavy atom. The van der Waals surface area contributed by atoms with Gasteiger partial charge in [0.1, 0.15) is 5.82 Å². The summed E-state index contributed by atoms with van der Waals surface area (Å²) in [4.78, 5) is 12.4. The van der Waals surface area contributed by atoms with Crippen molar-refractivity contribution in [3.8, 4) is 0 Å². The fourth-order valence-electron chi connectivity index (χ4n) is 3.23. The second-order valence-corrected chi connectivity index (χ2v) is 7.47. The molecule has 0 unspecified atom stereocenters. The molecule has 3 rings (SSSR count). The van der Waals surface area contributed by atoms with Gasteiger partial charge in [0, 0.05) is 39.1 Å². The van der Waals surface area contributed by atoms with Crippen LogP contribution in [0.15, 0.2) is 71.7 Å². The van der Waals surface area contributed by atoms with Crippen LogP contribution in [0.1, 0.15) is 28.7 Å². The van der Waals surface area contributed by atoms with Gasteiger partial charge in [-0.25, -0.2) is 4.39 Å². The van der Waals surface area contributed by atoms with E-state index < -0.39 is 0 Å². The predicted molar refractivity (Wildman–Crippen MR) is 124 cm³/mol. The molecule has 0 bridgehead atoms. The molecule has 0 amide bonds. The highest BCUT2D eigenvalue weighted by molar-refractivity contribution is 5.69. The first-order valence-corrected chi connectivity index (χ1v) is 10.6. The van der Waals surface area contributed by atoms with E-state index in [1.54, 1.807) is 29.9 Å². The Bertz CT molecular complexity index is 1020. The van der Waals surface area contributed by atoms with Gasteiger partial charge in [0.2, 0.25) is 0 Å². The third-order valence-corrected chi connectivity index (χ3v) is 5.05. The fraction of sp³-hybridized carbons (Fsp3) is 0.269. The fourth-order valence-corrected chi connectivity index (χ4v) is 3.23. The standard InChI is InChI=1S/C26H29FN2O2/c1-31-18-2-15-28-20-24-7-4-22(5-8-24)13-16-29-17-14-23(19-26(29)30)6-3-21-9-11-25(27)12-10-21/h3-12,14,17,19,28H,2,13,15-16,18,20H2,1H3. The van der Waals surface area contributed by atoms with Crippen LogP contribution in [0.4, 0.5) is 4.39 Å². The number of pyridine rings is 1. The molecule has 1 heterocycles. The summed E-state index contributed by atoms with van der Waals surface area (Å²) < 4.78 is 19.7. The average molecular weight is 421 g/mol. The minimum absolute atomic E-state index is 0.0295. The first kappa shape index (κ1) is 22.7. The summed E-state index contributed by atoms with van der Waals surface area (Å²) in [5.74, 6) is -0.260. The van der Waals surface area contributed by atoms with Crippen LogP contribution in [0.5, 0.6) is 0 Å². The first-order chi connectivity index (χ1) is 15.1. The normalized spacial score (nSPS) is 11.3. The van der Waals surface area contributed by atoms with E-state index in [0.29, 0.717) is 6.54 Å². The SMILES string of the molecule is COCCCNCc1ccc(CCn2ccc(C=Cc3ccc(F)cc3)cc2=O)cc1. The first-order valence-electron chi connectivity index (χ1n) is 10.6. The Kier molecular flexibility index (Phi) is 8.76. The number of benzene rings is 2. The van der Waals surface area contributed by atoms with E-state index in [-0.39, 0.29) is 11.4 Å². The van der Waals surface area contributed by atoms with E-state index in [2.05, 4.69) is 29.6 Å². The van der Waals surface area contributed by atoms with Crippen molar-refractivity contribution in [3.63, 3.8) is 0 Å². The van der Waals surface area contributed by atoms with Crippen LogP contribution in [-0.2, 0) is 24.2 Å². The van der Waals surface area contributed by atoms with E-state index in [9.17, 15) is 9.18 Å². The Balaban J connectivity index is 1.50. The molecule has 1 aromatic heterocycles. The van der Waals surface area contributed by atoms with Crippen molar-refractivity contribution < 1.29 is 9.13 Å². The monoisotopic (exact) mass is 420 g/mol. The zero-order chi connectivity index (χ0) is 21.9. The highest BCUT2D eigenvalue weighted by atomic mass is 19.1. The zero-order valence-corrected chi connectivity index (χ0v) is 17.9. The Morgan fingerprint density at radius 3 is 2.39 bits per heavy atom. The van der Waals surface area contributed by atoms with Gasteiger partial charge in [-0.3, -0.25) is 4.79 Å². The maximum absolute atomic E-state index is 13.0. The van der Waals surface area contributed by atoms with Gasteiger partial charge in [-0.05, 0) is 59.8 Å². The lowest BCUT2D eigenvalue weighted by Gasteiger charge is -2.08. The number of rotatable bonds is 11. The molecular formula is C26H29FN2O2. The van der Waals surface area contributed by atoms with Crippen molar-refractivity contribution in [3.05, 3.63) is 105 Å². The Hall–Kier alpha value is -3.02. The number of ether oxygens (including phenoxy) is 1. The van der Waals surface area contributed by atoms with E-state index in [0.717, 1.165) is 43.7 Å². The minimum Gasteiger partial charge on any atom is -0.385 e. The zero-order valence-electron chi connectivity index (χ0n) is 17.9. The van der Waals surface area contributed by atoms with Crippen LogP contribution in [0.2, 0.25) is 0 Å². The molecule has 0 fully saturated rings. The number of aromatic nitrogens is 1.